The second-order valence-electron chi connectivity index (χ2n) is 7.50. The first-order valence-corrected chi connectivity index (χ1v) is 10.1. The molecular weight excluding hydrogens is 392 g/mol. The van der Waals surface area contributed by atoms with Gasteiger partial charge >= 0.3 is 5.97 Å². The highest BCUT2D eigenvalue weighted by Crippen LogP contribution is 2.26. The Labute approximate surface area is 181 Å². The summed E-state index contributed by atoms with van der Waals surface area (Å²) in [5.74, 6) is -1.03. The Balaban J connectivity index is 1.68. The van der Waals surface area contributed by atoms with Crippen LogP contribution < -0.4 is 5.32 Å². The number of Topliss-reactive ketones (excluding diaryl/α,β-unsaturated/α-hetero) is 1. The maximum Gasteiger partial charge on any atom is 0.338 e. The van der Waals surface area contributed by atoms with Crippen molar-refractivity contribution in [1.29, 1.82) is 0 Å². The van der Waals surface area contributed by atoms with Crippen LogP contribution in [0.3, 0.4) is 0 Å². The lowest BCUT2D eigenvalue weighted by Gasteiger charge is -2.19. The van der Waals surface area contributed by atoms with Gasteiger partial charge in [0.15, 0.2) is 6.61 Å². The van der Waals surface area contributed by atoms with Crippen LogP contribution >= 0.6 is 0 Å². The lowest BCUT2D eigenvalue weighted by molar-refractivity contribution is -0.114. The van der Waals surface area contributed by atoms with E-state index in [-0.39, 0.29) is 24.3 Å². The third-order valence-electron chi connectivity index (χ3n) is 5.23. The molecule has 1 heterocycles. The number of nitrogens with zero attached hydrogens (tertiary/aromatic N) is 1. The molecule has 0 aliphatic heterocycles. The zero-order valence-corrected chi connectivity index (χ0v) is 18.1. The van der Waals surface area contributed by atoms with Crippen molar-refractivity contribution in [3.63, 3.8) is 0 Å². The lowest BCUT2D eigenvalue weighted by atomic mass is 10.1. The molecule has 0 aliphatic rings. The van der Waals surface area contributed by atoms with Gasteiger partial charge < -0.3 is 14.6 Å². The summed E-state index contributed by atoms with van der Waals surface area (Å²) in [6.07, 6.45) is 0. The Hall–Kier alpha value is -3.67. The normalized spacial score (nSPS) is 11.6. The summed E-state index contributed by atoms with van der Waals surface area (Å²) in [6, 6.07) is 18.3. The van der Waals surface area contributed by atoms with E-state index in [4.69, 9.17) is 4.74 Å². The molecule has 6 nitrogen and oxygen atoms in total. The Morgan fingerprint density at radius 2 is 1.65 bits per heavy atom. The molecule has 3 rings (SSSR count). The number of benzene rings is 2. The molecule has 160 valence electrons. The van der Waals surface area contributed by atoms with Gasteiger partial charge in [-0.25, -0.2) is 4.79 Å². The second-order valence-corrected chi connectivity index (χ2v) is 7.50. The highest BCUT2D eigenvalue weighted by molar-refractivity contribution is 6.00. The standard InChI is InChI=1S/C25H26N2O4/c1-16-14-23(18(3)27(16)17(2)20-8-6-5-7-9-20)24(29)15-31-25(30)21-10-12-22(13-11-21)26-19(4)28/h5-14,17H,15H2,1-4H3,(H,26,28)/t17-/m0/s1. The number of carbonyl (C=O) groups is 3. The van der Waals surface area contributed by atoms with Gasteiger partial charge in [-0.3, -0.25) is 9.59 Å². The predicted molar refractivity (Wildman–Crippen MR) is 120 cm³/mol. The van der Waals surface area contributed by atoms with Gasteiger partial charge in [-0.05, 0) is 56.7 Å². The molecule has 0 saturated carbocycles. The summed E-state index contributed by atoms with van der Waals surface area (Å²) in [7, 11) is 0. The van der Waals surface area contributed by atoms with Gasteiger partial charge in [0, 0.05) is 29.6 Å². The van der Waals surface area contributed by atoms with Gasteiger partial charge in [0.1, 0.15) is 0 Å². The summed E-state index contributed by atoms with van der Waals surface area (Å²) in [4.78, 5) is 36.1. The maximum atomic E-state index is 12.8. The number of ketones is 1. The fraction of sp³-hybridized carbons (Fsp3) is 0.240. The van der Waals surface area contributed by atoms with E-state index in [1.54, 1.807) is 24.3 Å². The third-order valence-corrected chi connectivity index (χ3v) is 5.23. The SMILES string of the molecule is CC(=O)Nc1ccc(C(=O)OCC(=O)c2cc(C)n([C@@H](C)c3ccccc3)c2C)cc1. The summed E-state index contributed by atoms with van der Waals surface area (Å²) < 4.78 is 7.35. The van der Waals surface area contributed by atoms with Crippen LogP contribution in [-0.2, 0) is 9.53 Å². The molecule has 1 amide bonds. The molecule has 0 radical (unpaired) electrons. The number of amides is 1. The first-order chi connectivity index (χ1) is 14.8. The summed E-state index contributed by atoms with van der Waals surface area (Å²) in [5, 5.41) is 2.63. The molecule has 3 aromatic rings. The number of ether oxygens (including phenoxy) is 1. The molecule has 0 saturated heterocycles. The van der Waals surface area contributed by atoms with Crippen LogP contribution in [0.2, 0.25) is 0 Å². The fourth-order valence-corrected chi connectivity index (χ4v) is 3.72. The quantitative estimate of drug-likeness (QED) is 0.445. The first kappa shape index (κ1) is 22.0. The van der Waals surface area contributed by atoms with Crippen molar-refractivity contribution in [3.8, 4) is 0 Å². The maximum absolute atomic E-state index is 12.8. The van der Waals surface area contributed by atoms with Crippen molar-refractivity contribution in [1.82, 2.24) is 4.57 Å². The zero-order chi connectivity index (χ0) is 22.5. The predicted octanol–water partition coefficient (Wildman–Crippen LogP) is 4.71. The van der Waals surface area contributed by atoms with E-state index in [0.29, 0.717) is 16.8 Å². The van der Waals surface area contributed by atoms with E-state index < -0.39 is 5.97 Å². The van der Waals surface area contributed by atoms with Gasteiger partial charge in [-0.15, -0.1) is 0 Å². The van der Waals surface area contributed by atoms with Crippen molar-refractivity contribution in [2.75, 3.05) is 11.9 Å². The molecule has 1 atom stereocenters. The minimum Gasteiger partial charge on any atom is -0.454 e. The summed E-state index contributed by atoms with van der Waals surface area (Å²) in [6.45, 7) is 7.03. The Morgan fingerprint density at radius 3 is 2.26 bits per heavy atom. The van der Waals surface area contributed by atoms with Crippen molar-refractivity contribution < 1.29 is 19.1 Å². The van der Waals surface area contributed by atoms with E-state index in [1.165, 1.54) is 6.92 Å². The van der Waals surface area contributed by atoms with Gasteiger partial charge in [-0.2, -0.15) is 0 Å². The van der Waals surface area contributed by atoms with Crippen molar-refractivity contribution >= 4 is 23.3 Å². The van der Waals surface area contributed by atoms with Crippen LogP contribution in [-0.4, -0.2) is 28.8 Å². The Bertz CT molecular complexity index is 1100. The summed E-state index contributed by atoms with van der Waals surface area (Å²) in [5.41, 5.74) is 4.41. The van der Waals surface area contributed by atoms with Crippen molar-refractivity contribution in [2.45, 2.75) is 33.7 Å². The van der Waals surface area contributed by atoms with Crippen LogP contribution in [0.15, 0.2) is 60.7 Å². The molecule has 0 bridgehead atoms. The topological polar surface area (TPSA) is 77.4 Å². The number of aromatic nitrogens is 1. The van der Waals surface area contributed by atoms with Gasteiger partial charge in [0.2, 0.25) is 11.7 Å². The van der Waals surface area contributed by atoms with E-state index >= 15 is 0 Å². The minimum absolute atomic E-state index is 0.0763. The summed E-state index contributed by atoms with van der Waals surface area (Å²) >= 11 is 0. The molecule has 0 spiro atoms. The van der Waals surface area contributed by atoms with Crippen LogP contribution in [0.4, 0.5) is 5.69 Å². The van der Waals surface area contributed by atoms with Crippen LogP contribution in [0.1, 0.15) is 57.6 Å². The number of rotatable bonds is 7. The highest BCUT2D eigenvalue weighted by Gasteiger charge is 2.21. The fourth-order valence-electron chi connectivity index (χ4n) is 3.72. The zero-order valence-electron chi connectivity index (χ0n) is 18.1. The average molecular weight is 418 g/mol. The Kier molecular flexibility index (Phi) is 6.70. The molecule has 31 heavy (non-hydrogen) atoms. The van der Waals surface area contributed by atoms with E-state index in [9.17, 15) is 14.4 Å². The third kappa shape index (κ3) is 5.09. The number of aryl methyl sites for hydroxylation is 1. The smallest absolute Gasteiger partial charge is 0.338 e. The largest absolute Gasteiger partial charge is 0.454 e. The van der Waals surface area contributed by atoms with E-state index in [1.807, 2.05) is 38.1 Å². The van der Waals surface area contributed by atoms with Gasteiger partial charge in [-0.1, -0.05) is 30.3 Å². The average Bonchev–Trinajstić information content (AvgIpc) is 3.06. The van der Waals surface area contributed by atoms with Crippen molar-refractivity contribution in [2.24, 2.45) is 0 Å². The number of esters is 1. The first-order valence-electron chi connectivity index (χ1n) is 10.1. The molecule has 2 aromatic carbocycles. The van der Waals surface area contributed by atoms with Crippen molar-refractivity contribution in [3.05, 3.63) is 88.7 Å². The van der Waals surface area contributed by atoms with Crippen LogP contribution in [0.5, 0.6) is 0 Å². The number of carbonyl (C=O) groups excluding carboxylic acids is 3. The number of hydrogen-bond donors (Lipinski definition) is 1. The molecule has 1 N–H and O–H groups in total. The minimum atomic E-state index is -0.589. The highest BCUT2D eigenvalue weighted by atomic mass is 16.5. The number of anilines is 1. The monoisotopic (exact) mass is 418 g/mol. The molecule has 0 unspecified atom stereocenters. The Morgan fingerprint density at radius 1 is 1.00 bits per heavy atom. The molecular formula is C25H26N2O4. The number of hydrogen-bond acceptors (Lipinski definition) is 4. The molecule has 0 aliphatic carbocycles. The van der Waals surface area contributed by atoms with Crippen LogP contribution in [0.25, 0.3) is 0 Å². The van der Waals surface area contributed by atoms with Crippen LogP contribution in [0, 0.1) is 13.8 Å². The molecule has 1 aromatic heterocycles. The second kappa shape index (κ2) is 9.43. The van der Waals surface area contributed by atoms with Gasteiger partial charge in [0.25, 0.3) is 0 Å². The number of nitrogens with one attached hydrogen (secondary N) is 1. The molecule has 0 fully saturated rings. The van der Waals surface area contributed by atoms with E-state index in [0.717, 1.165) is 17.0 Å². The molecule has 6 heteroatoms. The lowest BCUT2D eigenvalue weighted by Crippen LogP contribution is -2.16. The van der Waals surface area contributed by atoms with Gasteiger partial charge in [0.05, 0.1) is 11.6 Å². The van der Waals surface area contributed by atoms with E-state index in [2.05, 4.69) is 28.9 Å².